The van der Waals surface area contributed by atoms with Crippen molar-refractivity contribution >= 4 is 17.7 Å². The van der Waals surface area contributed by atoms with Gasteiger partial charge in [-0.3, -0.25) is 14.4 Å². The van der Waals surface area contributed by atoms with Crippen LogP contribution in [0.5, 0.6) is 5.75 Å². The second kappa shape index (κ2) is 6.97. The molecule has 140 valence electrons. The van der Waals surface area contributed by atoms with E-state index in [1.165, 1.54) is 0 Å². The lowest BCUT2D eigenvalue weighted by Gasteiger charge is -2.38. The minimum absolute atomic E-state index is 0.0100. The van der Waals surface area contributed by atoms with Gasteiger partial charge < -0.3 is 20.3 Å². The van der Waals surface area contributed by atoms with Gasteiger partial charge in [0.05, 0.1) is 5.56 Å². The first-order valence-electron chi connectivity index (χ1n) is 9.02. The van der Waals surface area contributed by atoms with E-state index in [4.69, 9.17) is 4.74 Å². The lowest BCUT2D eigenvalue weighted by Crippen LogP contribution is -2.56. The van der Waals surface area contributed by atoms with Crippen LogP contribution in [0, 0.1) is 0 Å². The van der Waals surface area contributed by atoms with Gasteiger partial charge in [-0.15, -0.1) is 0 Å². The summed E-state index contributed by atoms with van der Waals surface area (Å²) in [5, 5.41) is 5.77. The molecule has 26 heavy (non-hydrogen) atoms. The Morgan fingerprint density at radius 2 is 1.96 bits per heavy atom. The Labute approximate surface area is 153 Å². The molecular formula is C19H25N3O4. The summed E-state index contributed by atoms with van der Waals surface area (Å²) >= 11 is 0. The lowest BCUT2D eigenvalue weighted by molar-refractivity contribution is -0.139. The van der Waals surface area contributed by atoms with Crippen LogP contribution in [0.15, 0.2) is 24.3 Å². The van der Waals surface area contributed by atoms with Crippen LogP contribution in [0.1, 0.15) is 50.4 Å². The van der Waals surface area contributed by atoms with E-state index in [0.29, 0.717) is 30.7 Å². The topological polar surface area (TPSA) is 87.7 Å². The van der Waals surface area contributed by atoms with Crippen molar-refractivity contribution in [1.29, 1.82) is 0 Å². The molecule has 3 amide bonds. The van der Waals surface area contributed by atoms with Gasteiger partial charge >= 0.3 is 0 Å². The van der Waals surface area contributed by atoms with Gasteiger partial charge in [0.25, 0.3) is 5.91 Å². The van der Waals surface area contributed by atoms with Crippen molar-refractivity contribution in [2.24, 2.45) is 0 Å². The Balaban J connectivity index is 1.76. The molecule has 2 aliphatic heterocycles. The zero-order valence-electron chi connectivity index (χ0n) is 15.4. The van der Waals surface area contributed by atoms with Gasteiger partial charge in [-0.2, -0.15) is 0 Å². The summed E-state index contributed by atoms with van der Waals surface area (Å²) in [7, 11) is 0. The maximum absolute atomic E-state index is 12.6. The van der Waals surface area contributed by atoms with Crippen LogP contribution in [0.3, 0.4) is 0 Å². The highest BCUT2D eigenvalue weighted by molar-refractivity contribution is 5.98. The number of likely N-dealkylation sites (tertiary alicyclic amines) is 1. The monoisotopic (exact) mass is 359 g/mol. The molecule has 0 bridgehead atoms. The standard InChI is InChI=1S/C19H25N3O4/c1-12(2)20-17(24)13(3)22-11-10-19(9-8-16(22)23)21-18(25)14-6-4-5-7-15(14)26-19/h4-7,12-13H,8-11H2,1-3H3,(H,20,24)(H,21,25)/t13-,19+/m0/s1. The SMILES string of the molecule is CC(C)NC(=O)[C@H](C)N1CC[C@]2(CCC1=O)NC(=O)c1ccccc1O2. The molecule has 7 heteroatoms. The summed E-state index contributed by atoms with van der Waals surface area (Å²) in [6.45, 7) is 5.83. The molecule has 0 saturated carbocycles. The van der Waals surface area contributed by atoms with E-state index in [1.54, 1.807) is 30.0 Å². The lowest BCUT2D eigenvalue weighted by atomic mass is 10.0. The van der Waals surface area contributed by atoms with Crippen molar-refractivity contribution in [3.63, 3.8) is 0 Å². The minimum atomic E-state index is -0.913. The number of para-hydroxylation sites is 1. The number of rotatable bonds is 3. The van der Waals surface area contributed by atoms with Crippen molar-refractivity contribution in [3.8, 4) is 5.75 Å². The highest BCUT2D eigenvalue weighted by atomic mass is 16.5. The number of nitrogens with zero attached hydrogens (tertiary/aromatic N) is 1. The number of carbonyl (C=O) groups is 3. The Morgan fingerprint density at radius 1 is 1.23 bits per heavy atom. The summed E-state index contributed by atoms with van der Waals surface area (Å²) in [6.07, 6.45) is 1.01. The maximum Gasteiger partial charge on any atom is 0.258 e. The normalized spacial score (nSPS) is 23.8. The number of nitrogens with one attached hydrogen (secondary N) is 2. The first kappa shape index (κ1) is 18.2. The third-order valence-corrected chi connectivity index (χ3v) is 4.88. The molecule has 3 rings (SSSR count). The average Bonchev–Trinajstić information content (AvgIpc) is 2.73. The van der Waals surface area contributed by atoms with Gasteiger partial charge in [0.2, 0.25) is 11.8 Å². The van der Waals surface area contributed by atoms with E-state index in [-0.39, 0.29) is 30.2 Å². The number of carbonyl (C=O) groups excluding carboxylic acids is 3. The number of amides is 3. The number of fused-ring (bicyclic) bond motifs is 1. The molecule has 2 N–H and O–H groups in total. The van der Waals surface area contributed by atoms with Crippen LogP contribution in [0.4, 0.5) is 0 Å². The molecule has 1 fully saturated rings. The number of hydrogen-bond acceptors (Lipinski definition) is 4. The Kier molecular flexibility index (Phi) is 4.89. The van der Waals surface area contributed by atoms with E-state index in [1.807, 2.05) is 19.9 Å². The molecule has 2 aliphatic rings. The van der Waals surface area contributed by atoms with E-state index >= 15 is 0 Å². The molecule has 0 aliphatic carbocycles. The predicted octanol–water partition coefficient (Wildman–Crippen LogP) is 1.43. The van der Waals surface area contributed by atoms with Crippen LogP contribution in [-0.2, 0) is 9.59 Å². The average molecular weight is 359 g/mol. The first-order valence-corrected chi connectivity index (χ1v) is 9.02. The van der Waals surface area contributed by atoms with Crippen molar-refractivity contribution in [1.82, 2.24) is 15.5 Å². The third-order valence-electron chi connectivity index (χ3n) is 4.88. The molecule has 1 saturated heterocycles. The zero-order chi connectivity index (χ0) is 18.9. The first-order chi connectivity index (χ1) is 12.3. The van der Waals surface area contributed by atoms with Gasteiger partial charge in [-0.25, -0.2) is 0 Å². The number of ether oxygens (including phenoxy) is 1. The fourth-order valence-electron chi connectivity index (χ4n) is 3.44. The number of hydrogen-bond donors (Lipinski definition) is 2. The van der Waals surface area contributed by atoms with Crippen LogP contribution in [-0.4, -0.2) is 47.0 Å². The summed E-state index contributed by atoms with van der Waals surface area (Å²) in [6, 6.07) is 6.52. The van der Waals surface area contributed by atoms with Crippen molar-refractivity contribution < 1.29 is 19.1 Å². The minimum Gasteiger partial charge on any atom is -0.467 e. The molecule has 0 unspecified atom stereocenters. The smallest absolute Gasteiger partial charge is 0.258 e. The molecule has 1 spiro atoms. The molecule has 0 radical (unpaired) electrons. The van der Waals surface area contributed by atoms with Crippen LogP contribution < -0.4 is 15.4 Å². The van der Waals surface area contributed by atoms with Gasteiger partial charge in [0.1, 0.15) is 11.8 Å². The fourth-order valence-corrected chi connectivity index (χ4v) is 3.44. The van der Waals surface area contributed by atoms with Gasteiger partial charge in [-0.05, 0) is 32.9 Å². The highest BCUT2D eigenvalue weighted by Gasteiger charge is 2.43. The van der Waals surface area contributed by atoms with E-state index in [2.05, 4.69) is 10.6 Å². The summed E-state index contributed by atoms with van der Waals surface area (Å²) in [5.41, 5.74) is -0.417. The molecule has 2 atom stereocenters. The maximum atomic E-state index is 12.6. The summed E-state index contributed by atoms with van der Waals surface area (Å²) in [4.78, 5) is 38.9. The summed E-state index contributed by atoms with van der Waals surface area (Å²) in [5.74, 6) is 0.0503. The largest absolute Gasteiger partial charge is 0.467 e. The second-order valence-electron chi connectivity index (χ2n) is 7.22. The van der Waals surface area contributed by atoms with Gasteiger partial charge in [-0.1, -0.05) is 12.1 Å². The molecular weight excluding hydrogens is 334 g/mol. The fraction of sp³-hybridized carbons (Fsp3) is 0.526. The van der Waals surface area contributed by atoms with E-state index in [0.717, 1.165) is 0 Å². The Morgan fingerprint density at radius 3 is 2.69 bits per heavy atom. The zero-order valence-corrected chi connectivity index (χ0v) is 15.4. The van der Waals surface area contributed by atoms with E-state index in [9.17, 15) is 14.4 Å². The predicted molar refractivity (Wildman–Crippen MR) is 95.6 cm³/mol. The highest BCUT2D eigenvalue weighted by Crippen LogP contribution is 2.33. The quantitative estimate of drug-likeness (QED) is 0.855. The molecule has 7 nitrogen and oxygen atoms in total. The van der Waals surface area contributed by atoms with Crippen molar-refractivity contribution in [2.45, 2.75) is 57.8 Å². The molecule has 2 heterocycles. The Hall–Kier alpha value is -2.57. The van der Waals surface area contributed by atoms with Gasteiger partial charge in [0.15, 0.2) is 5.72 Å². The van der Waals surface area contributed by atoms with Crippen LogP contribution >= 0.6 is 0 Å². The number of benzene rings is 1. The van der Waals surface area contributed by atoms with Gasteiger partial charge in [0, 0.05) is 31.8 Å². The van der Waals surface area contributed by atoms with Crippen molar-refractivity contribution in [2.75, 3.05) is 6.54 Å². The third kappa shape index (κ3) is 3.52. The Bertz CT molecular complexity index is 733. The van der Waals surface area contributed by atoms with Crippen molar-refractivity contribution in [3.05, 3.63) is 29.8 Å². The van der Waals surface area contributed by atoms with Crippen LogP contribution in [0.25, 0.3) is 0 Å². The molecule has 1 aromatic rings. The second-order valence-corrected chi connectivity index (χ2v) is 7.22. The summed E-state index contributed by atoms with van der Waals surface area (Å²) < 4.78 is 6.10. The molecule has 1 aromatic carbocycles. The van der Waals surface area contributed by atoms with Crippen LogP contribution in [0.2, 0.25) is 0 Å². The molecule has 0 aromatic heterocycles. The van der Waals surface area contributed by atoms with E-state index < -0.39 is 11.8 Å².